The summed E-state index contributed by atoms with van der Waals surface area (Å²) in [6, 6.07) is 16.4. The number of carbonyl (C=O) groups is 1. The Bertz CT molecular complexity index is 1010. The van der Waals surface area contributed by atoms with E-state index in [1.807, 2.05) is 21.7 Å². The first-order valence-electron chi connectivity index (χ1n) is 10.4. The van der Waals surface area contributed by atoms with Crippen molar-refractivity contribution in [2.24, 2.45) is 5.92 Å². The first kappa shape index (κ1) is 20.1. The number of nitrogens with zero attached hydrogens (tertiary/aromatic N) is 4. The molecule has 3 aromatic rings. The summed E-state index contributed by atoms with van der Waals surface area (Å²) in [5.74, 6) is 1.78. The van der Waals surface area contributed by atoms with Crippen LogP contribution in [0.3, 0.4) is 0 Å². The largest absolute Gasteiger partial charge is 0.497 e. The van der Waals surface area contributed by atoms with Crippen LogP contribution >= 0.6 is 0 Å². The van der Waals surface area contributed by atoms with Gasteiger partial charge in [0.2, 0.25) is 11.9 Å². The Hall–Kier alpha value is -3.15. The molecule has 1 aliphatic heterocycles. The van der Waals surface area contributed by atoms with Gasteiger partial charge in [-0.25, -0.2) is 4.68 Å². The maximum atomic E-state index is 13.3. The molecule has 0 saturated heterocycles. The summed E-state index contributed by atoms with van der Waals surface area (Å²) in [7, 11) is 1.66. The molecule has 0 aliphatic carbocycles. The van der Waals surface area contributed by atoms with Crippen molar-refractivity contribution in [3.8, 4) is 5.75 Å². The van der Waals surface area contributed by atoms with E-state index in [-0.39, 0.29) is 23.9 Å². The normalized spacial score (nSPS) is 18.4. The molecule has 0 fully saturated rings. The zero-order valence-electron chi connectivity index (χ0n) is 17.9. The second-order valence-electron chi connectivity index (χ2n) is 8.32. The van der Waals surface area contributed by atoms with Gasteiger partial charge < -0.3 is 4.74 Å². The molecule has 0 unspecified atom stereocenters. The first-order chi connectivity index (χ1) is 14.5. The fraction of sp³-hybridized carbons (Fsp3) is 0.375. The maximum Gasteiger partial charge on any atom is 0.231 e. The topological polar surface area (TPSA) is 60.2 Å². The number of hydrogen-bond acceptors (Lipinski definition) is 4. The van der Waals surface area contributed by atoms with Crippen molar-refractivity contribution in [2.75, 3.05) is 12.0 Å². The Morgan fingerprint density at radius 1 is 1.07 bits per heavy atom. The van der Waals surface area contributed by atoms with Gasteiger partial charge in [-0.15, -0.1) is 0 Å². The number of aromatic nitrogens is 3. The van der Waals surface area contributed by atoms with Crippen LogP contribution in [0.1, 0.15) is 55.5 Å². The minimum absolute atomic E-state index is 0.0113. The minimum Gasteiger partial charge on any atom is -0.497 e. The van der Waals surface area contributed by atoms with Crippen LogP contribution < -0.4 is 9.64 Å². The number of ether oxygens (including phenoxy) is 1. The molecule has 0 N–H and O–H groups in total. The summed E-state index contributed by atoms with van der Waals surface area (Å²) in [4.78, 5) is 19.6. The van der Waals surface area contributed by atoms with Crippen LogP contribution in [0.5, 0.6) is 5.75 Å². The molecule has 0 spiro atoms. The van der Waals surface area contributed by atoms with E-state index < -0.39 is 0 Å². The average Bonchev–Trinajstić information content (AvgIpc) is 3.22. The number of fused-ring (bicyclic) bond motifs is 1. The molecule has 156 valence electrons. The first-order valence-corrected chi connectivity index (χ1v) is 10.4. The van der Waals surface area contributed by atoms with E-state index in [9.17, 15) is 4.79 Å². The van der Waals surface area contributed by atoms with Gasteiger partial charge in [0.15, 0.2) is 0 Å². The lowest BCUT2D eigenvalue weighted by molar-refractivity contribution is -0.120. The molecule has 6 nitrogen and oxygen atoms in total. The van der Waals surface area contributed by atoms with E-state index >= 15 is 0 Å². The zero-order chi connectivity index (χ0) is 21.3. The van der Waals surface area contributed by atoms with E-state index in [2.05, 4.69) is 67.3 Å². The predicted octanol–water partition coefficient (Wildman–Crippen LogP) is 4.71. The fourth-order valence-corrected chi connectivity index (χ4v) is 4.10. The number of carbonyl (C=O) groups excluding carboxylic acids is 1. The second-order valence-corrected chi connectivity index (χ2v) is 8.32. The van der Waals surface area contributed by atoms with Crippen LogP contribution in [-0.2, 0) is 4.79 Å². The summed E-state index contributed by atoms with van der Waals surface area (Å²) >= 11 is 0. The molecule has 1 amide bonds. The number of methoxy groups -OCH3 is 1. The quantitative estimate of drug-likeness (QED) is 0.618. The maximum absolute atomic E-state index is 13.3. The summed E-state index contributed by atoms with van der Waals surface area (Å²) < 4.78 is 7.19. The monoisotopic (exact) mass is 404 g/mol. The van der Waals surface area contributed by atoms with Crippen LogP contribution in [0, 0.1) is 12.8 Å². The highest BCUT2D eigenvalue weighted by atomic mass is 16.5. The molecule has 2 atom stereocenters. The lowest BCUT2D eigenvalue weighted by Crippen LogP contribution is -2.43. The summed E-state index contributed by atoms with van der Waals surface area (Å²) in [6.45, 7) is 6.20. The smallest absolute Gasteiger partial charge is 0.231 e. The van der Waals surface area contributed by atoms with Gasteiger partial charge in [-0.3, -0.25) is 9.69 Å². The lowest BCUT2D eigenvalue weighted by atomic mass is 9.91. The van der Waals surface area contributed by atoms with E-state index in [0.717, 1.165) is 23.3 Å². The van der Waals surface area contributed by atoms with Crippen molar-refractivity contribution >= 4 is 11.9 Å². The van der Waals surface area contributed by atoms with Crippen LogP contribution in [0.4, 0.5) is 5.95 Å². The van der Waals surface area contributed by atoms with Gasteiger partial charge in [0.05, 0.1) is 19.2 Å². The third-order valence-electron chi connectivity index (χ3n) is 5.64. The molecule has 1 aliphatic rings. The summed E-state index contributed by atoms with van der Waals surface area (Å²) in [5, 5.41) is 4.49. The third-order valence-corrected chi connectivity index (χ3v) is 5.64. The Kier molecular flexibility index (Phi) is 5.57. The Labute approximate surface area is 177 Å². The molecular formula is C24H28N4O2. The van der Waals surface area contributed by atoms with Gasteiger partial charge in [0.25, 0.3) is 0 Å². The predicted molar refractivity (Wildman–Crippen MR) is 117 cm³/mol. The lowest BCUT2D eigenvalue weighted by Gasteiger charge is -2.39. The second kappa shape index (κ2) is 8.30. The van der Waals surface area contributed by atoms with Crippen LogP contribution in [-0.4, -0.2) is 27.8 Å². The number of benzene rings is 2. The number of hydrogen-bond donors (Lipinski definition) is 0. The van der Waals surface area contributed by atoms with E-state index in [1.54, 1.807) is 13.4 Å². The van der Waals surface area contributed by atoms with Crippen LogP contribution in [0.15, 0.2) is 54.9 Å². The molecule has 30 heavy (non-hydrogen) atoms. The van der Waals surface area contributed by atoms with Gasteiger partial charge >= 0.3 is 0 Å². The highest BCUT2D eigenvalue weighted by molar-refractivity contribution is 5.93. The van der Waals surface area contributed by atoms with E-state index in [4.69, 9.17) is 4.74 Å². The standard InChI is InChI=1S/C24H28N4O2/c1-16(2)13-23(29)27-21(18-7-5-17(3)6-8-18)14-22(28-24(27)25-15-26-28)19-9-11-20(30-4)12-10-19/h5-12,15-16,21-22H,13-14H2,1-4H3/t21-,22+/m0/s1. The molecule has 6 heteroatoms. The molecule has 0 bridgehead atoms. The Morgan fingerprint density at radius 2 is 1.70 bits per heavy atom. The van der Waals surface area contributed by atoms with Crippen molar-refractivity contribution in [3.05, 3.63) is 71.5 Å². The van der Waals surface area contributed by atoms with Crippen LogP contribution in [0.25, 0.3) is 0 Å². The van der Waals surface area contributed by atoms with Crippen molar-refractivity contribution in [1.29, 1.82) is 0 Å². The highest BCUT2D eigenvalue weighted by Gasteiger charge is 2.39. The number of aryl methyl sites for hydroxylation is 1. The van der Waals surface area contributed by atoms with Gasteiger partial charge in [-0.05, 0) is 42.5 Å². The van der Waals surface area contributed by atoms with E-state index in [1.165, 1.54) is 5.56 Å². The van der Waals surface area contributed by atoms with Gasteiger partial charge in [-0.2, -0.15) is 10.1 Å². The van der Waals surface area contributed by atoms with Crippen LogP contribution in [0.2, 0.25) is 0 Å². The third kappa shape index (κ3) is 3.82. The molecule has 4 rings (SSSR count). The minimum atomic E-state index is -0.0966. The molecule has 0 radical (unpaired) electrons. The molecule has 2 aromatic carbocycles. The highest BCUT2D eigenvalue weighted by Crippen LogP contribution is 2.42. The van der Waals surface area contributed by atoms with E-state index in [0.29, 0.717) is 12.4 Å². The summed E-state index contributed by atoms with van der Waals surface area (Å²) in [5.41, 5.74) is 3.44. The number of amides is 1. The molecule has 0 saturated carbocycles. The number of anilines is 1. The van der Waals surface area contributed by atoms with Gasteiger partial charge in [0, 0.05) is 6.42 Å². The van der Waals surface area contributed by atoms with Gasteiger partial charge in [-0.1, -0.05) is 55.8 Å². The van der Waals surface area contributed by atoms with Crippen molar-refractivity contribution in [2.45, 2.75) is 45.7 Å². The van der Waals surface area contributed by atoms with Crippen molar-refractivity contribution in [3.63, 3.8) is 0 Å². The molecule has 2 heterocycles. The van der Waals surface area contributed by atoms with Crippen molar-refractivity contribution in [1.82, 2.24) is 14.8 Å². The average molecular weight is 405 g/mol. The zero-order valence-corrected chi connectivity index (χ0v) is 17.9. The SMILES string of the molecule is COc1ccc([C@H]2C[C@@H](c3ccc(C)cc3)N(C(=O)CC(C)C)c3ncnn32)cc1. The fourth-order valence-electron chi connectivity index (χ4n) is 4.10. The number of rotatable bonds is 5. The Balaban J connectivity index is 1.79. The molecular weight excluding hydrogens is 376 g/mol. The van der Waals surface area contributed by atoms with Gasteiger partial charge in [0.1, 0.15) is 12.1 Å². The summed E-state index contributed by atoms with van der Waals surface area (Å²) in [6.07, 6.45) is 2.75. The van der Waals surface area contributed by atoms with Crippen molar-refractivity contribution < 1.29 is 9.53 Å². The Morgan fingerprint density at radius 3 is 2.33 bits per heavy atom. The molecule has 1 aromatic heterocycles.